The first-order chi connectivity index (χ1) is 12.0. The third-order valence-corrected chi connectivity index (χ3v) is 3.00. The molecule has 170 valence electrons. The molecule has 0 saturated heterocycles. The van der Waals surface area contributed by atoms with Crippen LogP contribution in [0.1, 0.15) is 0 Å². The molecule has 1 N–H and O–H groups in total. The van der Waals surface area contributed by atoms with E-state index >= 15 is 0 Å². The number of rotatable bonds is 10. The van der Waals surface area contributed by atoms with Crippen molar-refractivity contribution >= 4 is 0 Å². The number of ether oxygens (including phenoxy) is 1. The summed E-state index contributed by atoms with van der Waals surface area (Å²) in [6.45, 7) is -6.92. The van der Waals surface area contributed by atoms with Gasteiger partial charge in [0, 0.05) is 0 Å². The minimum atomic E-state index is -7.70. The van der Waals surface area contributed by atoms with Gasteiger partial charge in [-0.1, -0.05) is 0 Å². The average Bonchev–Trinajstić information content (AvgIpc) is 2.51. The molecule has 18 heteroatoms. The Morgan fingerprint density at radius 3 is 1.32 bits per heavy atom. The lowest BCUT2D eigenvalue weighted by atomic mass is 10.0. The first-order valence-corrected chi connectivity index (χ1v) is 6.14. The molecular weight excluding hydrogens is 456 g/mol. The topological polar surface area (TPSA) is 29.5 Å². The lowest BCUT2D eigenvalue weighted by Gasteiger charge is -2.37. The standard InChI is InChI=1S/C10H6F16O2/c11-3(12)6(17,18)8(21,22)9(23,24)10(25,26)28-2-5(15,16)7(19,20)4(13,14)1-27/h3,27H,1-2H2. The van der Waals surface area contributed by atoms with Crippen LogP contribution in [0.4, 0.5) is 70.2 Å². The molecule has 0 aliphatic carbocycles. The van der Waals surface area contributed by atoms with Crippen LogP contribution >= 0.6 is 0 Å². The van der Waals surface area contributed by atoms with Crippen molar-refractivity contribution in [3.05, 3.63) is 0 Å². The molecule has 0 unspecified atom stereocenters. The fourth-order valence-corrected chi connectivity index (χ4v) is 1.26. The Bertz CT molecular complexity index is 542. The van der Waals surface area contributed by atoms with Gasteiger partial charge in [0.15, 0.2) is 0 Å². The highest BCUT2D eigenvalue weighted by molar-refractivity contribution is 5.03. The fraction of sp³-hybridized carbons (Fsp3) is 1.00. The van der Waals surface area contributed by atoms with Crippen LogP contribution in [0.3, 0.4) is 0 Å². The maximum Gasteiger partial charge on any atom is 0.426 e. The molecule has 0 atom stereocenters. The molecule has 28 heavy (non-hydrogen) atoms. The van der Waals surface area contributed by atoms with E-state index in [9.17, 15) is 70.2 Å². The Balaban J connectivity index is 5.82. The summed E-state index contributed by atoms with van der Waals surface area (Å²) in [6.07, 6.45) is -12.9. The van der Waals surface area contributed by atoms with Crippen LogP contribution in [0, 0.1) is 0 Å². The van der Waals surface area contributed by atoms with Crippen molar-refractivity contribution in [1.82, 2.24) is 0 Å². The van der Waals surface area contributed by atoms with Gasteiger partial charge in [-0.05, 0) is 0 Å². The molecule has 0 aromatic rings. The monoisotopic (exact) mass is 462 g/mol. The van der Waals surface area contributed by atoms with Crippen LogP contribution in [0.5, 0.6) is 0 Å². The third-order valence-electron chi connectivity index (χ3n) is 3.00. The second-order valence-electron chi connectivity index (χ2n) is 5.02. The van der Waals surface area contributed by atoms with Crippen LogP contribution < -0.4 is 0 Å². The Kier molecular flexibility index (Phi) is 6.93. The summed E-state index contributed by atoms with van der Waals surface area (Å²) in [6, 6.07) is 0. The average molecular weight is 462 g/mol. The molecule has 0 heterocycles. The fourth-order valence-electron chi connectivity index (χ4n) is 1.26. The molecule has 0 aliphatic rings. The van der Waals surface area contributed by atoms with Gasteiger partial charge in [0.25, 0.3) is 0 Å². The SMILES string of the molecule is OCC(F)(F)C(F)(F)C(F)(F)COC(F)(F)C(F)(F)C(F)(F)C(F)(F)C(F)F. The molecule has 0 amide bonds. The first kappa shape index (κ1) is 26.8. The van der Waals surface area contributed by atoms with Crippen LogP contribution in [0.2, 0.25) is 0 Å². The summed E-state index contributed by atoms with van der Waals surface area (Å²) < 4.78 is 205. The number of aliphatic hydroxyl groups excluding tert-OH is 1. The van der Waals surface area contributed by atoms with Gasteiger partial charge in [-0.3, -0.25) is 0 Å². The summed E-state index contributed by atoms with van der Waals surface area (Å²) in [5.74, 6) is -42.0. The van der Waals surface area contributed by atoms with Crippen LogP contribution in [-0.4, -0.2) is 66.4 Å². The van der Waals surface area contributed by atoms with Gasteiger partial charge in [0.2, 0.25) is 0 Å². The van der Waals surface area contributed by atoms with E-state index in [4.69, 9.17) is 5.11 Å². The highest BCUT2D eigenvalue weighted by Gasteiger charge is 2.84. The van der Waals surface area contributed by atoms with E-state index in [-0.39, 0.29) is 0 Å². The predicted octanol–water partition coefficient (Wildman–Crippen LogP) is 4.67. The molecule has 0 fully saturated rings. The van der Waals surface area contributed by atoms with Crippen molar-refractivity contribution in [3.8, 4) is 0 Å². The molecule has 0 aromatic heterocycles. The van der Waals surface area contributed by atoms with Gasteiger partial charge >= 0.3 is 48.1 Å². The molecule has 0 rings (SSSR count). The minimum Gasteiger partial charge on any atom is -0.390 e. The largest absolute Gasteiger partial charge is 0.426 e. The third kappa shape index (κ3) is 3.93. The molecule has 0 radical (unpaired) electrons. The number of hydrogen-bond acceptors (Lipinski definition) is 2. The maximum absolute atomic E-state index is 13.0. The van der Waals surface area contributed by atoms with Crippen LogP contribution in [0.15, 0.2) is 0 Å². The van der Waals surface area contributed by atoms with Crippen molar-refractivity contribution in [1.29, 1.82) is 0 Å². The van der Waals surface area contributed by atoms with E-state index in [1.165, 1.54) is 0 Å². The van der Waals surface area contributed by atoms with Crippen LogP contribution in [0.25, 0.3) is 0 Å². The van der Waals surface area contributed by atoms with E-state index in [2.05, 4.69) is 4.74 Å². The van der Waals surface area contributed by atoms with E-state index in [0.29, 0.717) is 0 Å². The highest BCUT2D eigenvalue weighted by atomic mass is 19.4. The quantitative estimate of drug-likeness (QED) is 0.479. The predicted molar refractivity (Wildman–Crippen MR) is 53.7 cm³/mol. The normalized spacial score (nSPS) is 16.1. The van der Waals surface area contributed by atoms with Gasteiger partial charge in [0.1, 0.15) is 13.2 Å². The highest BCUT2D eigenvalue weighted by Crippen LogP contribution is 2.55. The Morgan fingerprint density at radius 1 is 0.607 bits per heavy atom. The zero-order valence-corrected chi connectivity index (χ0v) is 12.4. The Labute approximate surface area is 143 Å². The number of halogens is 16. The number of aliphatic hydroxyl groups is 1. The first-order valence-electron chi connectivity index (χ1n) is 6.14. The minimum absolute atomic E-state index is 2.06. The van der Waals surface area contributed by atoms with Gasteiger partial charge in [0.05, 0.1) is 0 Å². The molecular formula is C10H6F16O2. The van der Waals surface area contributed by atoms with E-state index in [0.717, 1.165) is 0 Å². The molecule has 0 spiro atoms. The molecule has 2 nitrogen and oxygen atoms in total. The molecule has 0 aliphatic heterocycles. The summed E-state index contributed by atoms with van der Waals surface area (Å²) >= 11 is 0. The van der Waals surface area contributed by atoms with Gasteiger partial charge in [-0.25, -0.2) is 8.78 Å². The second-order valence-corrected chi connectivity index (χ2v) is 5.02. The molecule has 0 saturated carbocycles. The Morgan fingerprint density at radius 2 is 1.00 bits per heavy atom. The van der Waals surface area contributed by atoms with E-state index < -0.39 is 61.3 Å². The zero-order valence-electron chi connectivity index (χ0n) is 12.4. The smallest absolute Gasteiger partial charge is 0.390 e. The number of hydrogen-bond donors (Lipinski definition) is 1. The van der Waals surface area contributed by atoms with Crippen molar-refractivity contribution in [2.24, 2.45) is 0 Å². The lowest BCUT2D eigenvalue weighted by Crippen LogP contribution is -2.66. The summed E-state index contributed by atoms with van der Waals surface area (Å²) in [5.41, 5.74) is 0. The van der Waals surface area contributed by atoms with E-state index in [1.807, 2.05) is 0 Å². The second kappa shape index (κ2) is 7.24. The van der Waals surface area contributed by atoms with E-state index in [1.54, 1.807) is 0 Å². The zero-order chi connectivity index (χ0) is 23.2. The van der Waals surface area contributed by atoms with Crippen LogP contribution in [-0.2, 0) is 4.74 Å². The maximum atomic E-state index is 13.0. The number of alkyl halides is 16. The van der Waals surface area contributed by atoms with Gasteiger partial charge in [-0.2, -0.15) is 61.5 Å². The van der Waals surface area contributed by atoms with Crippen molar-refractivity contribution in [3.63, 3.8) is 0 Å². The van der Waals surface area contributed by atoms with Gasteiger partial charge < -0.3 is 9.84 Å². The van der Waals surface area contributed by atoms with Crippen molar-refractivity contribution in [2.75, 3.05) is 13.2 Å². The summed E-state index contributed by atoms with van der Waals surface area (Å²) in [5, 5.41) is 7.87. The Hall–Kier alpha value is -1.20. The molecule has 0 bridgehead atoms. The van der Waals surface area contributed by atoms with Crippen molar-refractivity contribution in [2.45, 2.75) is 48.1 Å². The lowest BCUT2D eigenvalue weighted by molar-refractivity contribution is -0.445. The molecule has 0 aromatic carbocycles. The summed E-state index contributed by atoms with van der Waals surface area (Å²) in [4.78, 5) is 0. The van der Waals surface area contributed by atoms with Gasteiger partial charge in [-0.15, -0.1) is 0 Å². The van der Waals surface area contributed by atoms with Crippen molar-refractivity contribution < 1.29 is 80.1 Å². The summed E-state index contributed by atoms with van der Waals surface area (Å²) in [7, 11) is 0.